The maximum atomic E-state index is 11.3. The molecule has 1 aliphatic heterocycles. The molecule has 0 bridgehead atoms. The van der Waals surface area contributed by atoms with Crippen molar-refractivity contribution in [3.8, 4) is 0 Å². The minimum atomic E-state index is -0.550. The van der Waals surface area contributed by atoms with Crippen LogP contribution in [0, 0.1) is 11.8 Å². The number of rotatable bonds is 7. The minimum Gasteiger partial charge on any atom is -0.358 e. The van der Waals surface area contributed by atoms with Gasteiger partial charge in [-0.15, -0.1) is 0 Å². The van der Waals surface area contributed by atoms with Gasteiger partial charge >= 0.3 is 6.03 Å². The highest BCUT2D eigenvalue weighted by molar-refractivity contribution is 5.75. The molecule has 1 rings (SSSR count). The molecule has 1 unspecified atom stereocenters. The van der Waals surface area contributed by atoms with Crippen LogP contribution >= 0.6 is 0 Å². The number of amides is 2. The Bertz CT molecular complexity index is 427. The van der Waals surface area contributed by atoms with Crippen molar-refractivity contribution in [2.75, 3.05) is 20.2 Å². The van der Waals surface area contributed by atoms with Gasteiger partial charge in [0.2, 0.25) is 0 Å². The predicted molar refractivity (Wildman–Crippen MR) is 84.3 cm³/mol. The Morgan fingerprint density at radius 1 is 1.38 bits per heavy atom. The van der Waals surface area contributed by atoms with Crippen molar-refractivity contribution in [3.05, 3.63) is 23.0 Å². The van der Waals surface area contributed by atoms with E-state index >= 15 is 0 Å². The van der Waals surface area contributed by atoms with E-state index in [9.17, 15) is 4.79 Å². The number of urea groups is 1. The van der Waals surface area contributed by atoms with Crippen LogP contribution < -0.4 is 21.7 Å². The summed E-state index contributed by atoms with van der Waals surface area (Å²) < 4.78 is 5.81. The molecular weight excluding hydrogens is 268 g/mol. The second-order valence-electron chi connectivity index (χ2n) is 5.75. The molecule has 0 radical (unpaired) electrons. The molecule has 2 amide bonds. The normalized spacial score (nSPS) is 18.8. The van der Waals surface area contributed by atoms with Gasteiger partial charge < -0.3 is 26.4 Å². The van der Waals surface area contributed by atoms with Gasteiger partial charge in [-0.2, -0.15) is 0 Å². The molecule has 0 saturated carbocycles. The van der Waals surface area contributed by atoms with E-state index in [1.54, 1.807) is 0 Å². The van der Waals surface area contributed by atoms with E-state index in [0.717, 1.165) is 23.5 Å². The Labute approximate surface area is 127 Å². The lowest BCUT2D eigenvalue weighted by molar-refractivity contribution is 0.0674. The molecule has 120 valence electrons. The molecule has 21 heavy (non-hydrogen) atoms. The Morgan fingerprint density at radius 2 is 2.05 bits per heavy atom. The molecule has 6 nitrogen and oxygen atoms in total. The first kappa shape index (κ1) is 17.5. The highest BCUT2D eigenvalue weighted by Gasteiger charge is 2.26. The number of hydrogen-bond donors (Lipinski definition) is 4. The van der Waals surface area contributed by atoms with Crippen LogP contribution in [-0.2, 0) is 4.74 Å². The number of nitrogens with two attached hydrogens (primary N) is 1. The van der Waals surface area contributed by atoms with Crippen LogP contribution in [0.5, 0.6) is 0 Å². The van der Waals surface area contributed by atoms with Crippen LogP contribution in [0.2, 0.25) is 0 Å². The molecule has 6 heteroatoms. The van der Waals surface area contributed by atoms with Gasteiger partial charge in [0.25, 0.3) is 0 Å². The zero-order chi connectivity index (χ0) is 16.0. The lowest BCUT2D eigenvalue weighted by atomic mass is 9.92. The Morgan fingerprint density at radius 3 is 2.52 bits per heavy atom. The quantitative estimate of drug-likeness (QED) is 0.533. The van der Waals surface area contributed by atoms with Crippen LogP contribution in [0.4, 0.5) is 4.79 Å². The minimum absolute atomic E-state index is 0.188. The lowest BCUT2D eigenvalue weighted by Crippen LogP contribution is -2.42. The summed E-state index contributed by atoms with van der Waals surface area (Å²) >= 11 is 0. The summed E-state index contributed by atoms with van der Waals surface area (Å²) in [5, 5.41) is 9.14. The first-order valence-corrected chi connectivity index (χ1v) is 7.42. The number of ether oxygens (including phenoxy) is 1. The number of likely N-dealkylation sites (N-methyl/N-ethyl adjacent to an activating group) is 1. The van der Waals surface area contributed by atoms with E-state index in [0.29, 0.717) is 6.61 Å². The molecular formula is C15H28N4O2. The first-order chi connectivity index (χ1) is 9.86. The smallest absolute Gasteiger partial charge is 0.316 e. The van der Waals surface area contributed by atoms with Crippen molar-refractivity contribution in [1.82, 2.24) is 16.0 Å². The summed E-state index contributed by atoms with van der Waals surface area (Å²) in [6.45, 7) is 9.71. The summed E-state index contributed by atoms with van der Waals surface area (Å²) in [6.07, 6.45) is 1.82. The van der Waals surface area contributed by atoms with Crippen molar-refractivity contribution in [3.63, 3.8) is 0 Å². The third-order valence-electron chi connectivity index (χ3n) is 3.28. The second-order valence-corrected chi connectivity index (χ2v) is 5.75. The molecule has 0 spiro atoms. The highest BCUT2D eigenvalue weighted by atomic mass is 16.5. The maximum absolute atomic E-state index is 11.3. The SMILES string of the molecule is CNCCOC1C=C(C(C)C)C(NC(N)=O)=C(C(C)C)N1. The Balaban J connectivity index is 3.02. The molecule has 0 saturated heterocycles. The van der Waals surface area contributed by atoms with Gasteiger partial charge in [-0.25, -0.2) is 4.79 Å². The second kappa shape index (κ2) is 8.05. The van der Waals surface area contributed by atoms with Gasteiger partial charge in [-0.1, -0.05) is 27.7 Å². The van der Waals surface area contributed by atoms with Gasteiger partial charge in [-0.3, -0.25) is 0 Å². The molecule has 5 N–H and O–H groups in total. The van der Waals surface area contributed by atoms with Crippen molar-refractivity contribution < 1.29 is 9.53 Å². The van der Waals surface area contributed by atoms with Gasteiger partial charge in [-0.05, 0) is 30.5 Å². The third-order valence-corrected chi connectivity index (χ3v) is 3.28. The van der Waals surface area contributed by atoms with Gasteiger partial charge in [0.15, 0.2) is 0 Å². The van der Waals surface area contributed by atoms with Crippen LogP contribution in [0.15, 0.2) is 23.0 Å². The lowest BCUT2D eigenvalue weighted by Gasteiger charge is -2.32. The summed E-state index contributed by atoms with van der Waals surface area (Å²) in [6, 6.07) is -0.550. The van der Waals surface area contributed by atoms with E-state index < -0.39 is 6.03 Å². The summed E-state index contributed by atoms with van der Waals surface area (Å²) in [7, 11) is 1.89. The fourth-order valence-corrected chi connectivity index (χ4v) is 2.25. The molecule has 0 aromatic rings. The molecule has 1 aliphatic rings. The summed E-state index contributed by atoms with van der Waals surface area (Å²) in [4.78, 5) is 11.3. The topological polar surface area (TPSA) is 88.4 Å². The number of primary amides is 1. The Kier molecular flexibility index (Phi) is 6.71. The highest BCUT2D eigenvalue weighted by Crippen LogP contribution is 2.28. The number of carbonyl (C=O) groups excluding carboxylic acids is 1. The van der Waals surface area contributed by atoms with E-state index in [1.165, 1.54) is 0 Å². The van der Waals surface area contributed by atoms with Crippen molar-refractivity contribution >= 4 is 6.03 Å². The monoisotopic (exact) mass is 296 g/mol. The first-order valence-electron chi connectivity index (χ1n) is 7.42. The standard InChI is InChI=1S/C15H28N4O2/c1-9(2)11-8-12(21-7-6-17-5)18-13(10(3)4)14(11)19-15(16)20/h8-10,12,17-18H,6-7H2,1-5H3,(H3,16,19,20). The Hall–Kier alpha value is -1.53. The largest absolute Gasteiger partial charge is 0.358 e. The van der Waals surface area contributed by atoms with Crippen molar-refractivity contribution in [1.29, 1.82) is 0 Å². The molecule has 0 aromatic carbocycles. The molecule has 0 aliphatic carbocycles. The van der Waals surface area contributed by atoms with Gasteiger partial charge in [0.1, 0.15) is 6.23 Å². The van der Waals surface area contributed by atoms with Crippen LogP contribution in [0.25, 0.3) is 0 Å². The fourth-order valence-electron chi connectivity index (χ4n) is 2.25. The van der Waals surface area contributed by atoms with E-state index in [2.05, 4.69) is 43.6 Å². The molecule has 1 atom stereocenters. The van der Waals surface area contributed by atoms with Crippen molar-refractivity contribution in [2.45, 2.75) is 33.9 Å². The summed E-state index contributed by atoms with van der Waals surface area (Å²) in [5.41, 5.74) is 8.08. The molecule has 1 heterocycles. The number of nitrogens with one attached hydrogen (secondary N) is 3. The van der Waals surface area contributed by atoms with Gasteiger partial charge in [0.05, 0.1) is 12.3 Å². The summed E-state index contributed by atoms with van der Waals surface area (Å²) in [5.74, 6) is 0.489. The number of carbonyl (C=O) groups is 1. The van der Waals surface area contributed by atoms with E-state index in [1.807, 2.05) is 13.1 Å². The third kappa shape index (κ3) is 5.06. The molecule has 0 fully saturated rings. The zero-order valence-corrected chi connectivity index (χ0v) is 13.6. The zero-order valence-electron chi connectivity index (χ0n) is 13.6. The maximum Gasteiger partial charge on any atom is 0.316 e. The van der Waals surface area contributed by atoms with Crippen LogP contribution in [0.1, 0.15) is 27.7 Å². The van der Waals surface area contributed by atoms with Crippen LogP contribution in [-0.4, -0.2) is 32.5 Å². The van der Waals surface area contributed by atoms with Crippen LogP contribution in [0.3, 0.4) is 0 Å². The molecule has 0 aromatic heterocycles. The van der Waals surface area contributed by atoms with Gasteiger partial charge in [0, 0.05) is 12.2 Å². The number of dihydropyridines is 1. The number of allylic oxidation sites excluding steroid dienone is 2. The number of hydrogen-bond acceptors (Lipinski definition) is 4. The van der Waals surface area contributed by atoms with E-state index in [4.69, 9.17) is 10.5 Å². The predicted octanol–water partition coefficient (Wildman–Crippen LogP) is 1.27. The average Bonchev–Trinajstić information content (AvgIpc) is 2.39. The van der Waals surface area contributed by atoms with E-state index in [-0.39, 0.29) is 18.1 Å². The average molecular weight is 296 g/mol. The fraction of sp³-hybridized carbons (Fsp3) is 0.667. The van der Waals surface area contributed by atoms with Crippen molar-refractivity contribution in [2.24, 2.45) is 17.6 Å².